The van der Waals surface area contributed by atoms with Gasteiger partial charge in [0.2, 0.25) is 0 Å². The van der Waals surface area contributed by atoms with E-state index in [2.05, 4.69) is 15.9 Å². The first-order chi connectivity index (χ1) is 9.60. The summed E-state index contributed by atoms with van der Waals surface area (Å²) in [5.41, 5.74) is -0.0210. The standard InChI is InChI=1S/C12H9BrF3NO3S/c13-8-1-3-9(4-2-8)17(11(18)12(14,15)16)10-5-6-21(19,20)7-10/h1-6,10H,7H2. The minimum atomic E-state index is -5.09. The van der Waals surface area contributed by atoms with Crippen molar-refractivity contribution in [2.45, 2.75) is 12.2 Å². The molecule has 0 aliphatic carbocycles. The zero-order chi connectivity index (χ0) is 15.8. The highest BCUT2D eigenvalue weighted by atomic mass is 79.9. The predicted octanol–water partition coefficient (Wildman–Crippen LogP) is 2.66. The summed E-state index contributed by atoms with van der Waals surface area (Å²) in [7, 11) is -3.59. The maximum atomic E-state index is 12.7. The third kappa shape index (κ3) is 3.65. The lowest BCUT2D eigenvalue weighted by Gasteiger charge is -2.28. The lowest BCUT2D eigenvalue weighted by atomic mass is 10.2. The number of benzene rings is 1. The maximum absolute atomic E-state index is 12.7. The van der Waals surface area contributed by atoms with E-state index >= 15 is 0 Å². The summed E-state index contributed by atoms with van der Waals surface area (Å²) in [6.07, 6.45) is -4.01. The first-order valence-corrected chi connectivity index (χ1v) is 8.18. The van der Waals surface area contributed by atoms with Crippen LogP contribution in [-0.2, 0) is 14.6 Å². The van der Waals surface area contributed by atoms with Crippen molar-refractivity contribution in [3.05, 3.63) is 40.2 Å². The summed E-state index contributed by atoms with van der Waals surface area (Å²) in [6, 6.07) is 4.39. The maximum Gasteiger partial charge on any atom is 0.471 e. The fraction of sp³-hybridized carbons (Fsp3) is 0.250. The Labute approximate surface area is 127 Å². The number of alkyl halides is 3. The van der Waals surface area contributed by atoms with E-state index in [1.165, 1.54) is 24.3 Å². The molecule has 0 radical (unpaired) electrons. The van der Waals surface area contributed by atoms with E-state index in [4.69, 9.17) is 0 Å². The molecule has 21 heavy (non-hydrogen) atoms. The van der Waals surface area contributed by atoms with Gasteiger partial charge in [0.05, 0.1) is 11.8 Å². The number of carbonyl (C=O) groups excluding carboxylic acids is 1. The van der Waals surface area contributed by atoms with Gasteiger partial charge < -0.3 is 0 Å². The van der Waals surface area contributed by atoms with Crippen LogP contribution in [0.2, 0.25) is 0 Å². The predicted molar refractivity (Wildman–Crippen MR) is 74.4 cm³/mol. The highest BCUT2D eigenvalue weighted by molar-refractivity contribution is 9.10. The van der Waals surface area contributed by atoms with Gasteiger partial charge in [-0.1, -0.05) is 15.9 Å². The largest absolute Gasteiger partial charge is 0.471 e. The third-order valence-corrected chi connectivity index (χ3v) is 4.72. The summed E-state index contributed by atoms with van der Waals surface area (Å²) < 4.78 is 61.6. The van der Waals surface area contributed by atoms with E-state index in [9.17, 15) is 26.4 Å². The average Bonchev–Trinajstić information content (AvgIpc) is 2.71. The normalized spacial score (nSPS) is 20.5. The summed E-state index contributed by atoms with van der Waals surface area (Å²) in [6.45, 7) is 0. The molecule has 0 spiro atoms. The van der Waals surface area contributed by atoms with Gasteiger partial charge in [-0.3, -0.25) is 9.69 Å². The van der Waals surface area contributed by atoms with Crippen molar-refractivity contribution in [3.8, 4) is 0 Å². The van der Waals surface area contributed by atoms with E-state index < -0.39 is 33.7 Å². The van der Waals surface area contributed by atoms with Crippen molar-refractivity contribution in [2.75, 3.05) is 10.7 Å². The molecule has 9 heteroatoms. The number of amides is 1. The smallest absolute Gasteiger partial charge is 0.297 e. The van der Waals surface area contributed by atoms with Gasteiger partial charge in [0.15, 0.2) is 9.84 Å². The topological polar surface area (TPSA) is 54.5 Å². The van der Waals surface area contributed by atoms with E-state index in [1.807, 2.05) is 0 Å². The molecule has 0 N–H and O–H groups in total. The SMILES string of the molecule is O=C(N(c1ccc(Br)cc1)C1C=CS(=O)(=O)C1)C(F)(F)F. The molecule has 0 fully saturated rings. The Kier molecular flexibility index (Phi) is 4.16. The Balaban J connectivity index is 2.43. The van der Waals surface area contributed by atoms with Crippen molar-refractivity contribution >= 4 is 37.4 Å². The first-order valence-electron chi connectivity index (χ1n) is 5.67. The number of sulfone groups is 1. The zero-order valence-corrected chi connectivity index (χ0v) is 12.7. The second-order valence-electron chi connectivity index (χ2n) is 4.37. The molecule has 4 nitrogen and oxygen atoms in total. The Hall–Kier alpha value is -1.35. The lowest BCUT2D eigenvalue weighted by Crippen LogP contribution is -2.47. The molecule has 1 aromatic rings. The quantitative estimate of drug-likeness (QED) is 0.788. The molecule has 1 atom stereocenters. The molecule has 0 bridgehead atoms. The average molecular weight is 384 g/mol. The van der Waals surface area contributed by atoms with Crippen LogP contribution >= 0.6 is 15.9 Å². The third-order valence-electron chi connectivity index (χ3n) is 2.81. The van der Waals surface area contributed by atoms with Crippen molar-refractivity contribution in [3.63, 3.8) is 0 Å². The van der Waals surface area contributed by atoms with Gasteiger partial charge in [-0.05, 0) is 30.3 Å². The van der Waals surface area contributed by atoms with Gasteiger partial charge in [-0.2, -0.15) is 13.2 Å². The molecule has 1 aliphatic rings. The van der Waals surface area contributed by atoms with Gasteiger partial charge in [0, 0.05) is 15.6 Å². The number of hydrogen-bond acceptors (Lipinski definition) is 3. The molecule has 0 saturated carbocycles. The van der Waals surface area contributed by atoms with Crippen LogP contribution in [0, 0.1) is 0 Å². The van der Waals surface area contributed by atoms with Crippen molar-refractivity contribution in [1.82, 2.24) is 0 Å². The molecule has 0 aromatic heterocycles. The summed E-state index contributed by atoms with van der Waals surface area (Å²) >= 11 is 3.14. The van der Waals surface area contributed by atoms with Crippen LogP contribution < -0.4 is 4.90 Å². The van der Waals surface area contributed by atoms with Crippen LogP contribution in [0.4, 0.5) is 18.9 Å². The number of carbonyl (C=O) groups is 1. The van der Waals surface area contributed by atoms with Crippen LogP contribution in [-0.4, -0.2) is 32.3 Å². The molecule has 2 rings (SSSR count). The molecule has 114 valence electrons. The number of hydrogen-bond donors (Lipinski definition) is 0. The summed E-state index contributed by atoms with van der Waals surface area (Å²) in [5.74, 6) is -2.66. The number of anilines is 1. The molecular formula is C12H9BrF3NO3S. The molecule has 0 saturated heterocycles. The van der Waals surface area contributed by atoms with Crippen molar-refractivity contribution < 1.29 is 26.4 Å². The Bertz CT molecular complexity index is 683. The minimum absolute atomic E-state index is 0.0210. The molecule has 1 unspecified atom stereocenters. The highest BCUT2D eigenvalue weighted by Crippen LogP contribution is 2.29. The van der Waals surface area contributed by atoms with Crippen LogP contribution in [0.3, 0.4) is 0 Å². The van der Waals surface area contributed by atoms with Crippen LogP contribution in [0.5, 0.6) is 0 Å². The zero-order valence-electron chi connectivity index (χ0n) is 10.3. The Morgan fingerprint density at radius 3 is 2.24 bits per heavy atom. The molecular weight excluding hydrogens is 375 g/mol. The minimum Gasteiger partial charge on any atom is -0.297 e. The van der Waals surface area contributed by atoms with Crippen LogP contribution in [0.15, 0.2) is 40.2 Å². The van der Waals surface area contributed by atoms with Gasteiger partial charge >= 0.3 is 12.1 Å². The lowest BCUT2D eigenvalue weighted by molar-refractivity contribution is -0.170. The Morgan fingerprint density at radius 2 is 1.81 bits per heavy atom. The van der Waals surface area contributed by atoms with Crippen molar-refractivity contribution in [2.24, 2.45) is 0 Å². The van der Waals surface area contributed by atoms with E-state index in [1.54, 1.807) is 0 Å². The highest BCUT2D eigenvalue weighted by Gasteiger charge is 2.46. The summed E-state index contributed by atoms with van der Waals surface area (Å²) in [5, 5.41) is 0.827. The fourth-order valence-electron chi connectivity index (χ4n) is 1.92. The second kappa shape index (κ2) is 5.45. The molecule has 1 heterocycles. The monoisotopic (exact) mass is 383 g/mol. The van der Waals surface area contributed by atoms with Gasteiger partial charge in [0.25, 0.3) is 0 Å². The van der Waals surface area contributed by atoms with E-state index in [0.717, 1.165) is 11.5 Å². The van der Waals surface area contributed by atoms with Crippen LogP contribution in [0.25, 0.3) is 0 Å². The molecule has 1 aromatic carbocycles. The van der Waals surface area contributed by atoms with Gasteiger partial charge in [0.1, 0.15) is 0 Å². The van der Waals surface area contributed by atoms with Crippen LogP contribution in [0.1, 0.15) is 0 Å². The second-order valence-corrected chi connectivity index (χ2v) is 7.22. The Morgan fingerprint density at radius 1 is 1.24 bits per heavy atom. The first kappa shape index (κ1) is 16.0. The number of rotatable bonds is 2. The summed E-state index contributed by atoms with van der Waals surface area (Å²) in [4.78, 5) is 12.1. The van der Waals surface area contributed by atoms with Gasteiger partial charge in [-0.15, -0.1) is 0 Å². The van der Waals surface area contributed by atoms with Crippen molar-refractivity contribution in [1.29, 1.82) is 0 Å². The molecule has 1 aliphatic heterocycles. The van der Waals surface area contributed by atoms with E-state index in [0.29, 0.717) is 9.37 Å². The van der Waals surface area contributed by atoms with E-state index in [-0.39, 0.29) is 5.69 Å². The van der Waals surface area contributed by atoms with Gasteiger partial charge in [-0.25, -0.2) is 8.42 Å². The number of halogens is 4. The molecule has 1 amide bonds. The number of nitrogens with zero attached hydrogens (tertiary/aromatic N) is 1. The fourth-order valence-corrected chi connectivity index (χ4v) is 3.45.